The Morgan fingerprint density at radius 3 is 2.35 bits per heavy atom. The van der Waals surface area contributed by atoms with E-state index < -0.39 is 0 Å². The second-order valence-electron chi connectivity index (χ2n) is 17.0. The standard InChI is InChI=1S/C49H51Cl3N6O2/c1-30-11-10-20-58-47(36-18-17-33(50)28-38(36)52)37-27-34(51)29-40-44(37)45(48(58)43(30)32-12-6-4-7-13-32)46(53-40)49(60)54-39-25-31(26-42(59)55(2)3)16-19-41(39)57-23-21-56(22-24-57)35-14-8-5-9-15-35/h4,6-7,10,12-13,16-20,25,27-30,35,47,53H,5,8-9,11,14-15,21-24,26H2,1-3H3,(H,54,60). The van der Waals surface area contributed by atoms with E-state index in [1.807, 2.05) is 42.5 Å². The van der Waals surface area contributed by atoms with Crippen molar-refractivity contribution in [2.75, 3.05) is 50.5 Å². The van der Waals surface area contributed by atoms with E-state index in [2.05, 4.69) is 74.5 Å². The zero-order valence-corrected chi connectivity index (χ0v) is 36.7. The summed E-state index contributed by atoms with van der Waals surface area (Å²) in [4.78, 5) is 40.7. The minimum atomic E-state index is -0.366. The third-order valence-electron chi connectivity index (χ3n) is 12.9. The van der Waals surface area contributed by atoms with Gasteiger partial charge in [0, 0.05) is 84.1 Å². The Morgan fingerprint density at radius 2 is 1.62 bits per heavy atom. The number of aromatic nitrogens is 1. The number of carbonyl (C=O) groups is 2. The maximum atomic E-state index is 15.3. The normalized spacial score (nSPS) is 19.7. The zero-order chi connectivity index (χ0) is 41.7. The number of benzene rings is 4. The third kappa shape index (κ3) is 7.72. The summed E-state index contributed by atoms with van der Waals surface area (Å²) in [6, 6.07) is 26.4. The van der Waals surface area contributed by atoms with Crippen LogP contribution in [0.5, 0.6) is 0 Å². The molecule has 3 aliphatic heterocycles. The second-order valence-corrected chi connectivity index (χ2v) is 18.3. The molecular weight excluding hydrogens is 811 g/mol. The van der Waals surface area contributed by atoms with Gasteiger partial charge in [-0.2, -0.15) is 0 Å². The number of hydrogen-bond acceptors (Lipinski definition) is 5. The van der Waals surface area contributed by atoms with Crippen molar-refractivity contribution in [1.82, 2.24) is 19.7 Å². The summed E-state index contributed by atoms with van der Waals surface area (Å²) in [6.07, 6.45) is 11.9. The highest BCUT2D eigenvalue weighted by Gasteiger charge is 2.40. The van der Waals surface area contributed by atoms with Crippen molar-refractivity contribution >= 4 is 80.2 Å². The topological polar surface area (TPSA) is 74.9 Å². The molecule has 2 unspecified atom stereocenters. The molecule has 11 heteroatoms. The number of hydrogen-bond donors (Lipinski definition) is 2. The number of carbonyl (C=O) groups excluding carboxylic acids is 2. The Kier molecular flexibility index (Phi) is 11.5. The first-order valence-corrected chi connectivity index (χ1v) is 22.4. The fourth-order valence-corrected chi connectivity index (χ4v) is 10.7. The number of amides is 2. The monoisotopic (exact) mass is 860 g/mol. The highest BCUT2D eigenvalue weighted by atomic mass is 35.5. The number of likely N-dealkylation sites (N-methyl/N-ethyl adjacent to an activating group) is 1. The molecule has 8 nitrogen and oxygen atoms in total. The van der Waals surface area contributed by atoms with Crippen LogP contribution in [0.15, 0.2) is 91.1 Å². The summed E-state index contributed by atoms with van der Waals surface area (Å²) in [5, 5.41) is 5.96. The number of aromatic amines is 1. The first kappa shape index (κ1) is 40.7. The number of nitrogens with zero attached hydrogens (tertiary/aromatic N) is 4. The molecule has 2 N–H and O–H groups in total. The lowest BCUT2D eigenvalue weighted by molar-refractivity contribution is -0.127. The van der Waals surface area contributed by atoms with Gasteiger partial charge in [-0.25, -0.2) is 0 Å². The molecule has 310 valence electrons. The van der Waals surface area contributed by atoms with E-state index in [4.69, 9.17) is 34.8 Å². The van der Waals surface area contributed by atoms with Crippen LogP contribution in [0.1, 0.15) is 89.8 Å². The van der Waals surface area contributed by atoms with Gasteiger partial charge < -0.3 is 25.0 Å². The number of fused-ring (bicyclic) bond motifs is 2. The first-order valence-electron chi connectivity index (χ1n) is 21.2. The predicted molar refractivity (Wildman–Crippen MR) is 247 cm³/mol. The van der Waals surface area contributed by atoms with E-state index in [1.54, 1.807) is 25.1 Å². The van der Waals surface area contributed by atoms with Gasteiger partial charge in [-0.05, 0) is 89.4 Å². The van der Waals surface area contributed by atoms with Crippen molar-refractivity contribution in [3.05, 3.63) is 140 Å². The minimum Gasteiger partial charge on any atom is -0.367 e. The van der Waals surface area contributed by atoms with Gasteiger partial charge in [0.1, 0.15) is 5.69 Å². The summed E-state index contributed by atoms with van der Waals surface area (Å²) >= 11 is 20.5. The maximum absolute atomic E-state index is 15.3. The molecule has 1 aromatic heterocycles. The van der Waals surface area contributed by atoms with Crippen LogP contribution in [0, 0.1) is 5.92 Å². The Hall–Kier alpha value is -4.73. The van der Waals surface area contributed by atoms with E-state index >= 15 is 4.79 Å². The van der Waals surface area contributed by atoms with Crippen LogP contribution < -0.4 is 10.2 Å². The lowest BCUT2D eigenvalue weighted by Gasteiger charge is -2.42. The van der Waals surface area contributed by atoms with Crippen LogP contribution in [0.3, 0.4) is 0 Å². The van der Waals surface area contributed by atoms with Gasteiger partial charge in [0.05, 0.1) is 29.5 Å². The zero-order valence-electron chi connectivity index (χ0n) is 34.4. The molecule has 2 atom stereocenters. The minimum absolute atomic E-state index is 0.00284. The second kappa shape index (κ2) is 17.0. The molecule has 60 heavy (non-hydrogen) atoms. The van der Waals surface area contributed by atoms with Crippen LogP contribution in [-0.2, 0) is 11.2 Å². The van der Waals surface area contributed by atoms with Gasteiger partial charge in [-0.15, -0.1) is 0 Å². The number of halogens is 3. The van der Waals surface area contributed by atoms with Gasteiger partial charge in [0.25, 0.3) is 5.91 Å². The predicted octanol–water partition coefficient (Wildman–Crippen LogP) is 11.3. The largest absolute Gasteiger partial charge is 0.367 e. The molecule has 2 amide bonds. The molecule has 0 bridgehead atoms. The van der Waals surface area contributed by atoms with E-state index in [0.29, 0.717) is 32.5 Å². The fraction of sp³-hybridized carbons (Fsp3) is 0.347. The highest BCUT2D eigenvalue weighted by Crippen LogP contribution is 2.54. The smallest absolute Gasteiger partial charge is 0.272 e. The van der Waals surface area contributed by atoms with Gasteiger partial charge in [0.15, 0.2) is 0 Å². The van der Waals surface area contributed by atoms with Gasteiger partial charge in [-0.3, -0.25) is 14.5 Å². The molecule has 9 rings (SSSR count). The van der Waals surface area contributed by atoms with Crippen LogP contribution in [0.25, 0.3) is 22.2 Å². The number of nitrogens with one attached hydrogen (secondary N) is 2. The molecule has 4 aromatic carbocycles. The van der Waals surface area contributed by atoms with Crippen LogP contribution >= 0.6 is 34.8 Å². The maximum Gasteiger partial charge on any atom is 0.272 e. The SMILES string of the molecule is CC1CC=CN2C(=C1c1ccccc1)c1c(C(=O)Nc3cc(CC(=O)N(C)C)ccc3N3CCN(C4CCCCC4)CC3)[nH]c3cc(Cl)cc(c13)C2c1ccc(Cl)cc1Cl. The molecular formula is C49H51Cl3N6O2. The highest BCUT2D eigenvalue weighted by molar-refractivity contribution is 6.35. The molecule has 4 aliphatic rings. The van der Waals surface area contributed by atoms with E-state index in [-0.39, 0.29) is 30.2 Å². The van der Waals surface area contributed by atoms with Crippen molar-refractivity contribution < 1.29 is 9.59 Å². The molecule has 4 heterocycles. The van der Waals surface area contributed by atoms with Crippen molar-refractivity contribution in [2.24, 2.45) is 5.92 Å². The number of rotatable bonds is 8. The number of anilines is 2. The summed E-state index contributed by atoms with van der Waals surface area (Å²) in [5.74, 6) is -0.161. The van der Waals surface area contributed by atoms with Crippen LogP contribution in [0.4, 0.5) is 11.4 Å². The Morgan fingerprint density at radius 1 is 0.850 bits per heavy atom. The summed E-state index contributed by atoms with van der Waals surface area (Å²) in [5.41, 5.74) is 9.46. The average Bonchev–Trinajstić information content (AvgIpc) is 3.53. The summed E-state index contributed by atoms with van der Waals surface area (Å²) < 4.78 is 0. The Labute approximate surface area is 367 Å². The summed E-state index contributed by atoms with van der Waals surface area (Å²) in [6.45, 7) is 5.91. The first-order chi connectivity index (χ1) is 29.0. The van der Waals surface area contributed by atoms with Crippen LogP contribution in [0.2, 0.25) is 15.1 Å². The molecule has 0 radical (unpaired) electrons. The van der Waals surface area contributed by atoms with Crippen molar-refractivity contribution in [2.45, 2.75) is 64.0 Å². The van der Waals surface area contributed by atoms with E-state index in [0.717, 1.165) is 88.3 Å². The number of allylic oxidation sites excluding steroid dienone is 2. The Balaban J connectivity index is 1.19. The average molecular weight is 862 g/mol. The fourth-order valence-electron chi connectivity index (χ4n) is 9.96. The number of piperazine rings is 1. The van der Waals surface area contributed by atoms with Crippen molar-refractivity contribution in [1.29, 1.82) is 0 Å². The van der Waals surface area contributed by atoms with Crippen molar-refractivity contribution in [3.63, 3.8) is 0 Å². The van der Waals surface area contributed by atoms with Crippen LogP contribution in [-0.4, -0.2) is 77.8 Å². The Bertz CT molecular complexity index is 2520. The van der Waals surface area contributed by atoms with E-state index in [1.165, 1.54) is 32.1 Å². The quantitative estimate of drug-likeness (QED) is 0.163. The summed E-state index contributed by atoms with van der Waals surface area (Å²) in [7, 11) is 3.54. The molecule has 1 aliphatic carbocycles. The molecule has 1 saturated carbocycles. The molecule has 2 fully saturated rings. The van der Waals surface area contributed by atoms with Gasteiger partial charge in [-0.1, -0.05) is 110 Å². The van der Waals surface area contributed by atoms with Crippen molar-refractivity contribution in [3.8, 4) is 0 Å². The molecule has 1 saturated heterocycles. The number of H-pyrrole nitrogens is 1. The molecule has 0 spiro atoms. The lowest BCUT2D eigenvalue weighted by Crippen LogP contribution is -2.51. The lowest BCUT2D eigenvalue weighted by atomic mass is 9.82. The van der Waals surface area contributed by atoms with Gasteiger partial charge in [0.2, 0.25) is 5.91 Å². The van der Waals surface area contributed by atoms with E-state index in [9.17, 15) is 4.79 Å². The molecule has 5 aromatic rings. The van der Waals surface area contributed by atoms with Gasteiger partial charge >= 0.3 is 0 Å². The third-order valence-corrected chi connectivity index (χ3v) is 13.7.